The molecule has 1 aliphatic rings. The molecule has 1 saturated carbocycles. The Morgan fingerprint density at radius 3 is 2.40 bits per heavy atom. The van der Waals surface area contributed by atoms with Crippen molar-refractivity contribution in [3.8, 4) is 0 Å². The molecule has 1 rings (SSSR count). The van der Waals surface area contributed by atoms with Gasteiger partial charge in [0.25, 0.3) is 0 Å². The molecule has 10 heavy (non-hydrogen) atoms. The molecule has 1 aliphatic carbocycles. The Kier molecular flexibility index (Phi) is 3.56. The summed E-state index contributed by atoms with van der Waals surface area (Å²) in [5, 5.41) is 0. The van der Waals surface area contributed by atoms with Crippen LogP contribution in [0, 0.1) is 12.3 Å². The molecule has 0 bridgehead atoms. The van der Waals surface area contributed by atoms with Crippen LogP contribution in [-0.2, 0) is 0 Å². The van der Waals surface area contributed by atoms with E-state index in [1.54, 1.807) is 0 Å². The molecule has 0 atom stereocenters. The summed E-state index contributed by atoms with van der Waals surface area (Å²) in [5.41, 5.74) is 0. The van der Waals surface area contributed by atoms with Crippen molar-refractivity contribution in [3.05, 3.63) is 18.6 Å². The minimum absolute atomic E-state index is 0.893. The molecule has 57 valence electrons. The lowest BCUT2D eigenvalue weighted by Gasteiger charge is -2.17. The number of allylic oxidation sites excluding steroid dienone is 2. The largest absolute Gasteiger partial charge is 0.0851 e. The Hall–Kier alpha value is -0.260. The van der Waals surface area contributed by atoms with Gasteiger partial charge < -0.3 is 0 Å². The van der Waals surface area contributed by atoms with E-state index in [0.29, 0.717) is 0 Å². The summed E-state index contributed by atoms with van der Waals surface area (Å²) in [7, 11) is 0. The lowest BCUT2D eigenvalue weighted by atomic mass is 9.89. The van der Waals surface area contributed by atoms with Crippen molar-refractivity contribution in [3.63, 3.8) is 0 Å². The molecule has 0 aliphatic heterocycles. The van der Waals surface area contributed by atoms with Crippen molar-refractivity contribution in [1.29, 1.82) is 0 Å². The third-order valence-electron chi connectivity index (χ3n) is 2.23. The average molecular weight is 137 g/mol. The monoisotopic (exact) mass is 137 g/mol. The molecule has 0 heterocycles. The van der Waals surface area contributed by atoms with Crippen molar-refractivity contribution >= 4 is 0 Å². The highest BCUT2D eigenvalue weighted by Gasteiger charge is 2.08. The van der Waals surface area contributed by atoms with Crippen molar-refractivity contribution in [1.82, 2.24) is 0 Å². The molecule has 0 amide bonds. The summed E-state index contributed by atoms with van der Waals surface area (Å²) in [5.74, 6) is 0.893. The molecule has 1 fully saturated rings. The third-order valence-corrected chi connectivity index (χ3v) is 2.23. The minimum atomic E-state index is 0.893. The number of rotatable bonds is 2. The standard InChI is InChI=1S/C10H17/c1-2-3-7-10-8-5-4-6-9-10/h2-3,7,10H,4-6,8-9H2,1H3/b7-3+. The van der Waals surface area contributed by atoms with Crippen LogP contribution >= 0.6 is 0 Å². The second kappa shape index (κ2) is 4.54. The second-order valence-electron chi connectivity index (χ2n) is 3.12. The zero-order valence-corrected chi connectivity index (χ0v) is 6.84. The first kappa shape index (κ1) is 7.84. The lowest BCUT2D eigenvalue weighted by molar-refractivity contribution is 0.419. The normalized spacial score (nSPS) is 22.1. The van der Waals surface area contributed by atoms with E-state index in [9.17, 15) is 0 Å². The van der Waals surface area contributed by atoms with E-state index in [4.69, 9.17) is 0 Å². The summed E-state index contributed by atoms with van der Waals surface area (Å²) in [6.07, 6.45) is 13.9. The van der Waals surface area contributed by atoms with E-state index >= 15 is 0 Å². The highest BCUT2D eigenvalue weighted by atomic mass is 14.1. The quantitative estimate of drug-likeness (QED) is 0.547. The Morgan fingerprint density at radius 1 is 1.10 bits per heavy atom. The first-order valence-electron chi connectivity index (χ1n) is 4.39. The first-order valence-corrected chi connectivity index (χ1v) is 4.39. The molecular weight excluding hydrogens is 120 g/mol. The fourth-order valence-electron chi connectivity index (χ4n) is 1.59. The zero-order chi connectivity index (χ0) is 7.23. The van der Waals surface area contributed by atoms with E-state index in [1.807, 2.05) is 0 Å². The molecule has 0 N–H and O–H groups in total. The molecule has 0 nitrogen and oxygen atoms in total. The molecule has 0 unspecified atom stereocenters. The fourth-order valence-corrected chi connectivity index (χ4v) is 1.59. The van der Waals surface area contributed by atoms with Crippen LogP contribution in [0.5, 0.6) is 0 Å². The third kappa shape index (κ3) is 2.55. The predicted molar refractivity (Wildman–Crippen MR) is 45.7 cm³/mol. The lowest BCUT2D eigenvalue weighted by Crippen LogP contribution is -2.02. The van der Waals surface area contributed by atoms with Crippen LogP contribution < -0.4 is 0 Å². The molecule has 0 saturated heterocycles. The van der Waals surface area contributed by atoms with Crippen LogP contribution in [0.2, 0.25) is 0 Å². The van der Waals surface area contributed by atoms with Gasteiger partial charge in [0.2, 0.25) is 0 Å². The van der Waals surface area contributed by atoms with Gasteiger partial charge in [-0.2, -0.15) is 0 Å². The van der Waals surface area contributed by atoms with Gasteiger partial charge in [0.1, 0.15) is 0 Å². The fraction of sp³-hybridized carbons (Fsp3) is 0.700. The topological polar surface area (TPSA) is 0 Å². The van der Waals surface area contributed by atoms with Crippen LogP contribution in [-0.4, -0.2) is 0 Å². The first-order chi connectivity index (χ1) is 4.93. The SMILES string of the molecule is C[CH]/C=C/C1CCCCC1. The van der Waals surface area contributed by atoms with E-state index in [-0.39, 0.29) is 0 Å². The molecule has 1 radical (unpaired) electrons. The van der Waals surface area contributed by atoms with Crippen LogP contribution in [0.15, 0.2) is 12.2 Å². The second-order valence-corrected chi connectivity index (χ2v) is 3.12. The van der Waals surface area contributed by atoms with Gasteiger partial charge in [-0.1, -0.05) is 38.3 Å². The molecule has 0 heteroatoms. The summed E-state index contributed by atoms with van der Waals surface area (Å²) in [6.45, 7) is 2.08. The van der Waals surface area contributed by atoms with Crippen LogP contribution in [0.25, 0.3) is 0 Å². The van der Waals surface area contributed by atoms with E-state index in [0.717, 1.165) is 5.92 Å². The van der Waals surface area contributed by atoms with E-state index < -0.39 is 0 Å². The van der Waals surface area contributed by atoms with Gasteiger partial charge in [-0.3, -0.25) is 0 Å². The Bertz CT molecular complexity index is 96.6. The molecule has 0 aromatic rings. The molecular formula is C10H17. The van der Waals surface area contributed by atoms with E-state index in [1.165, 1.54) is 32.1 Å². The number of hydrogen-bond donors (Lipinski definition) is 0. The van der Waals surface area contributed by atoms with Crippen molar-refractivity contribution in [2.45, 2.75) is 39.0 Å². The van der Waals surface area contributed by atoms with Crippen molar-refractivity contribution in [2.24, 2.45) is 5.92 Å². The maximum Gasteiger partial charge on any atom is -0.0201 e. The van der Waals surface area contributed by atoms with Gasteiger partial charge in [-0.15, -0.1) is 0 Å². The molecule has 0 aromatic carbocycles. The maximum absolute atomic E-state index is 2.36. The van der Waals surface area contributed by atoms with Crippen molar-refractivity contribution in [2.75, 3.05) is 0 Å². The minimum Gasteiger partial charge on any atom is -0.0851 e. The van der Waals surface area contributed by atoms with Gasteiger partial charge >= 0.3 is 0 Å². The van der Waals surface area contributed by atoms with Gasteiger partial charge in [0, 0.05) is 0 Å². The Morgan fingerprint density at radius 2 is 1.80 bits per heavy atom. The summed E-state index contributed by atoms with van der Waals surface area (Å²) < 4.78 is 0. The van der Waals surface area contributed by atoms with Crippen LogP contribution in [0.3, 0.4) is 0 Å². The van der Waals surface area contributed by atoms with Crippen LogP contribution in [0.4, 0.5) is 0 Å². The van der Waals surface area contributed by atoms with Gasteiger partial charge in [0.15, 0.2) is 0 Å². The van der Waals surface area contributed by atoms with Gasteiger partial charge in [0.05, 0.1) is 0 Å². The maximum atomic E-state index is 2.36. The summed E-state index contributed by atoms with van der Waals surface area (Å²) in [4.78, 5) is 0. The average Bonchev–Trinajstić information content (AvgIpc) is 2.03. The van der Waals surface area contributed by atoms with E-state index in [2.05, 4.69) is 25.5 Å². The smallest absolute Gasteiger partial charge is 0.0201 e. The highest BCUT2D eigenvalue weighted by Crippen LogP contribution is 2.24. The Balaban J connectivity index is 2.19. The van der Waals surface area contributed by atoms with Crippen LogP contribution in [0.1, 0.15) is 39.0 Å². The summed E-state index contributed by atoms with van der Waals surface area (Å²) >= 11 is 0. The van der Waals surface area contributed by atoms with Gasteiger partial charge in [-0.25, -0.2) is 0 Å². The summed E-state index contributed by atoms with van der Waals surface area (Å²) in [6, 6.07) is 0. The Labute approximate surface area is 64.3 Å². The molecule has 0 aromatic heterocycles. The predicted octanol–water partition coefficient (Wildman–Crippen LogP) is 3.35. The number of hydrogen-bond acceptors (Lipinski definition) is 0. The van der Waals surface area contributed by atoms with Crippen molar-refractivity contribution < 1.29 is 0 Å². The van der Waals surface area contributed by atoms with Gasteiger partial charge in [-0.05, 0) is 25.2 Å². The zero-order valence-electron chi connectivity index (χ0n) is 6.84. The highest BCUT2D eigenvalue weighted by molar-refractivity contribution is 4.96. The molecule has 0 spiro atoms.